The molecule has 0 radical (unpaired) electrons. The van der Waals surface area contributed by atoms with Gasteiger partial charge in [0.1, 0.15) is 11.5 Å². The second kappa shape index (κ2) is 7.87. The molecular formula is C19H19F3N2O3. The summed E-state index contributed by atoms with van der Waals surface area (Å²) in [5.41, 5.74) is 0.0624. The Morgan fingerprint density at radius 3 is 2.22 bits per heavy atom. The van der Waals surface area contributed by atoms with Crippen molar-refractivity contribution in [3.63, 3.8) is 0 Å². The van der Waals surface area contributed by atoms with Crippen molar-refractivity contribution >= 4 is 11.7 Å². The average Bonchev–Trinajstić information content (AvgIpc) is 2.63. The van der Waals surface area contributed by atoms with E-state index in [1.807, 2.05) is 0 Å². The average molecular weight is 380 g/mol. The zero-order valence-corrected chi connectivity index (χ0v) is 14.3. The van der Waals surface area contributed by atoms with Crippen molar-refractivity contribution in [2.45, 2.75) is 25.2 Å². The zero-order chi connectivity index (χ0) is 19.4. The zero-order valence-electron chi connectivity index (χ0n) is 14.3. The van der Waals surface area contributed by atoms with Gasteiger partial charge >= 0.3 is 12.1 Å². The molecule has 3 N–H and O–H groups in total. The van der Waals surface area contributed by atoms with Gasteiger partial charge in [0, 0.05) is 5.69 Å². The number of aliphatic carboxylic acids is 1. The number of hydrogen-bond acceptors (Lipinski definition) is 4. The van der Waals surface area contributed by atoms with Crippen LogP contribution in [-0.2, 0) is 11.0 Å². The lowest BCUT2D eigenvalue weighted by Crippen LogP contribution is -2.45. The van der Waals surface area contributed by atoms with Crippen LogP contribution in [0.25, 0.3) is 0 Å². The molecule has 144 valence electrons. The highest BCUT2D eigenvalue weighted by atomic mass is 19.4. The molecule has 0 aliphatic carbocycles. The lowest BCUT2D eigenvalue weighted by atomic mass is 9.96. The van der Waals surface area contributed by atoms with Gasteiger partial charge in [0.2, 0.25) is 0 Å². The fourth-order valence-electron chi connectivity index (χ4n) is 2.92. The smallest absolute Gasteiger partial charge is 0.416 e. The second-order valence-electron chi connectivity index (χ2n) is 6.36. The van der Waals surface area contributed by atoms with Gasteiger partial charge in [0.25, 0.3) is 0 Å². The fraction of sp³-hybridized carbons (Fsp3) is 0.316. The van der Waals surface area contributed by atoms with Crippen molar-refractivity contribution in [2.75, 3.05) is 11.9 Å². The largest absolute Gasteiger partial charge is 0.481 e. The Kier molecular flexibility index (Phi) is 5.55. The normalized spacial score (nSPS) is 20.1. The molecule has 0 aromatic heterocycles. The van der Waals surface area contributed by atoms with E-state index in [0.717, 1.165) is 17.8 Å². The van der Waals surface area contributed by atoms with E-state index < -0.39 is 17.7 Å². The van der Waals surface area contributed by atoms with Crippen molar-refractivity contribution in [2.24, 2.45) is 5.92 Å². The van der Waals surface area contributed by atoms with E-state index >= 15 is 0 Å². The number of hydrogen-bond donors (Lipinski definition) is 3. The molecule has 27 heavy (non-hydrogen) atoms. The summed E-state index contributed by atoms with van der Waals surface area (Å²) in [6.07, 6.45) is -3.42. The van der Waals surface area contributed by atoms with Crippen LogP contribution in [0.4, 0.5) is 18.9 Å². The maximum absolute atomic E-state index is 12.6. The Morgan fingerprint density at radius 2 is 1.67 bits per heavy atom. The Morgan fingerprint density at radius 1 is 1.07 bits per heavy atom. The van der Waals surface area contributed by atoms with Crippen molar-refractivity contribution in [3.05, 3.63) is 54.1 Å². The molecule has 3 rings (SSSR count). The van der Waals surface area contributed by atoms with Crippen LogP contribution in [0.2, 0.25) is 0 Å². The molecule has 0 saturated carbocycles. The molecule has 0 bridgehead atoms. The minimum Gasteiger partial charge on any atom is -0.481 e. The minimum atomic E-state index is -4.38. The molecular weight excluding hydrogens is 361 g/mol. The maximum Gasteiger partial charge on any atom is 0.416 e. The molecule has 2 atom stereocenters. The summed E-state index contributed by atoms with van der Waals surface area (Å²) >= 11 is 0. The molecule has 1 saturated heterocycles. The molecule has 1 aliphatic rings. The van der Waals surface area contributed by atoms with Crippen LogP contribution in [0.5, 0.6) is 11.5 Å². The van der Waals surface area contributed by atoms with Crippen LogP contribution in [0, 0.1) is 5.92 Å². The molecule has 8 heteroatoms. The van der Waals surface area contributed by atoms with Crippen molar-refractivity contribution in [1.29, 1.82) is 0 Å². The van der Waals surface area contributed by atoms with Gasteiger partial charge in [-0.2, -0.15) is 13.2 Å². The molecule has 0 amide bonds. The number of ether oxygens (including phenoxy) is 1. The van der Waals surface area contributed by atoms with E-state index in [9.17, 15) is 18.0 Å². The molecule has 1 heterocycles. The summed E-state index contributed by atoms with van der Waals surface area (Å²) in [7, 11) is 0. The van der Waals surface area contributed by atoms with Gasteiger partial charge in [0.15, 0.2) is 0 Å². The molecule has 5 nitrogen and oxygen atoms in total. The standard InChI is InChI=1S/C19H19F3N2O3/c20-19(21,22)13-1-5-15(6-2-13)27-16-7-3-14(4-8-16)24-17-11-12(18(25)26)9-10-23-17/h1-8,12,17,23-24H,9-11H2,(H,25,26). The van der Waals surface area contributed by atoms with E-state index in [0.29, 0.717) is 30.9 Å². The van der Waals surface area contributed by atoms with E-state index in [1.54, 1.807) is 24.3 Å². The van der Waals surface area contributed by atoms with Gasteiger partial charge in [-0.05, 0) is 67.9 Å². The summed E-state index contributed by atoms with van der Waals surface area (Å²) in [4.78, 5) is 11.1. The highest BCUT2D eigenvalue weighted by molar-refractivity contribution is 5.70. The first kappa shape index (κ1) is 19.0. The molecule has 1 aliphatic heterocycles. The van der Waals surface area contributed by atoms with Crippen LogP contribution in [-0.4, -0.2) is 23.8 Å². The maximum atomic E-state index is 12.6. The highest BCUT2D eigenvalue weighted by Gasteiger charge is 2.30. The summed E-state index contributed by atoms with van der Waals surface area (Å²) in [5.74, 6) is -0.364. The van der Waals surface area contributed by atoms with Crippen molar-refractivity contribution < 1.29 is 27.8 Å². The number of carboxylic acid groups (broad SMARTS) is 1. The lowest BCUT2D eigenvalue weighted by molar-refractivity contribution is -0.143. The van der Waals surface area contributed by atoms with Crippen LogP contribution < -0.4 is 15.4 Å². The third kappa shape index (κ3) is 5.13. The van der Waals surface area contributed by atoms with Gasteiger partial charge < -0.3 is 15.2 Å². The summed E-state index contributed by atoms with van der Waals surface area (Å²) in [6, 6.07) is 11.4. The van der Waals surface area contributed by atoms with E-state index in [-0.39, 0.29) is 12.1 Å². The third-order valence-corrected chi connectivity index (χ3v) is 4.37. The highest BCUT2D eigenvalue weighted by Crippen LogP contribution is 2.31. The predicted octanol–water partition coefficient (Wildman–Crippen LogP) is 4.32. The number of benzene rings is 2. The van der Waals surface area contributed by atoms with Gasteiger partial charge in [-0.3, -0.25) is 10.1 Å². The van der Waals surface area contributed by atoms with Crippen molar-refractivity contribution in [1.82, 2.24) is 5.32 Å². The third-order valence-electron chi connectivity index (χ3n) is 4.37. The minimum absolute atomic E-state index is 0.137. The fourth-order valence-corrected chi connectivity index (χ4v) is 2.92. The summed E-state index contributed by atoms with van der Waals surface area (Å²) < 4.78 is 43.2. The predicted molar refractivity (Wildman–Crippen MR) is 93.7 cm³/mol. The first-order valence-corrected chi connectivity index (χ1v) is 8.49. The number of rotatable bonds is 5. The Balaban J connectivity index is 1.58. The van der Waals surface area contributed by atoms with Gasteiger partial charge in [-0.15, -0.1) is 0 Å². The monoisotopic (exact) mass is 380 g/mol. The Hall–Kier alpha value is -2.74. The quantitative estimate of drug-likeness (QED) is 0.721. The second-order valence-corrected chi connectivity index (χ2v) is 6.36. The lowest BCUT2D eigenvalue weighted by Gasteiger charge is -2.29. The molecule has 2 unspecified atom stereocenters. The van der Waals surface area contributed by atoms with E-state index in [4.69, 9.17) is 9.84 Å². The molecule has 1 fully saturated rings. The van der Waals surface area contributed by atoms with Crippen LogP contribution in [0.15, 0.2) is 48.5 Å². The SMILES string of the molecule is O=C(O)C1CCNC(Nc2ccc(Oc3ccc(C(F)(F)F)cc3)cc2)C1. The van der Waals surface area contributed by atoms with Crippen molar-refractivity contribution in [3.8, 4) is 11.5 Å². The van der Waals surface area contributed by atoms with Crippen LogP contribution in [0.3, 0.4) is 0 Å². The first-order valence-electron chi connectivity index (χ1n) is 8.49. The van der Waals surface area contributed by atoms with Crippen LogP contribution in [0.1, 0.15) is 18.4 Å². The number of nitrogens with one attached hydrogen (secondary N) is 2. The van der Waals surface area contributed by atoms with Gasteiger partial charge in [-0.25, -0.2) is 0 Å². The number of carboxylic acids is 1. The number of alkyl halides is 3. The number of anilines is 1. The van der Waals surface area contributed by atoms with E-state index in [1.165, 1.54) is 12.1 Å². The molecule has 2 aromatic carbocycles. The van der Waals surface area contributed by atoms with Gasteiger partial charge in [-0.1, -0.05) is 0 Å². The van der Waals surface area contributed by atoms with E-state index in [2.05, 4.69) is 10.6 Å². The summed E-state index contributed by atoms with van der Waals surface area (Å²) in [6.45, 7) is 0.629. The molecule has 2 aromatic rings. The Bertz CT molecular complexity index is 776. The van der Waals surface area contributed by atoms with Gasteiger partial charge in [0.05, 0.1) is 17.6 Å². The number of piperidine rings is 1. The molecule has 0 spiro atoms. The number of carbonyl (C=O) groups is 1. The van der Waals surface area contributed by atoms with Crippen LogP contribution >= 0.6 is 0 Å². The first-order chi connectivity index (χ1) is 12.8. The topological polar surface area (TPSA) is 70.6 Å². The number of halogens is 3. The Labute approximate surface area is 154 Å². The summed E-state index contributed by atoms with van der Waals surface area (Å²) in [5, 5.41) is 15.6.